The summed E-state index contributed by atoms with van der Waals surface area (Å²) < 4.78 is 29.4. The number of hydrogen-bond donors (Lipinski definition) is 1. The van der Waals surface area contributed by atoms with E-state index in [1.807, 2.05) is 0 Å². The zero-order valence-corrected chi connectivity index (χ0v) is 8.51. The molecule has 0 spiro atoms. The summed E-state index contributed by atoms with van der Waals surface area (Å²) in [7, 11) is 0. The Labute approximate surface area is 83.4 Å². The molecule has 1 heterocycles. The highest BCUT2D eigenvalue weighted by atomic mass is 19.3. The summed E-state index contributed by atoms with van der Waals surface area (Å²) in [5.41, 5.74) is 0. The van der Waals surface area contributed by atoms with Gasteiger partial charge in [0, 0.05) is 26.2 Å². The van der Waals surface area contributed by atoms with Crippen molar-refractivity contribution in [3.05, 3.63) is 0 Å². The van der Waals surface area contributed by atoms with Crippen LogP contribution >= 0.6 is 0 Å². The molecule has 5 heteroatoms. The van der Waals surface area contributed by atoms with Crippen LogP contribution in [0.2, 0.25) is 0 Å². The van der Waals surface area contributed by atoms with Crippen molar-refractivity contribution in [2.75, 3.05) is 39.4 Å². The minimum Gasteiger partial charge on any atom is -0.379 e. The molecule has 0 amide bonds. The second-order valence-electron chi connectivity index (χ2n) is 3.53. The third kappa shape index (κ3) is 4.30. The molecular weight excluding hydrogens is 190 g/mol. The number of hydrogen-bond acceptors (Lipinski definition) is 3. The molecule has 14 heavy (non-hydrogen) atoms. The van der Waals surface area contributed by atoms with Gasteiger partial charge in [-0.1, -0.05) is 0 Å². The summed E-state index contributed by atoms with van der Waals surface area (Å²) in [4.78, 5) is 2.22. The molecule has 0 aliphatic carbocycles. The lowest BCUT2D eigenvalue weighted by molar-refractivity contribution is 0.0365. The molecule has 1 N–H and O–H groups in total. The summed E-state index contributed by atoms with van der Waals surface area (Å²) in [6.45, 7) is 6.26. The van der Waals surface area contributed by atoms with E-state index in [0.29, 0.717) is 6.54 Å². The highest BCUT2D eigenvalue weighted by Crippen LogP contribution is 1.99. The van der Waals surface area contributed by atoms with Crippen LogP contribution in [0, 0.1) is 0 Å². The van der Waals surface area contributed by atoms with Gasteiger partial charge in [0.05, 0.1) is 19.3 Å². The smallest absolute Gasteiger partial charge is 0.253 e. The van der Waals surface area contributed by atoms with Gasteiger partial charge in [0.25, 0.3) is 6.43 Å². The standard InChI is InChI=1S/C9H18F2N2O/c1-8(9(10)11)12-2-3-13-4-6-14-7-5-13/h8-9,12H,2-7H2,1H3. The highest BCUT2D eigenvalue weighted by Gasteiger charge is 2.14. The Morgan fingerprint density at radius 1 is 1.36 bits per heavy atom. The summed E-state index contributed by atoms with van der Waals surface area (Å²) >= 11 is 0. The van der Waals surface area contributed by atoms with E-state index in [-0.39, 0.29) is 0 Å². The van der Waals surface area contributed by atoms with Crippen molar-refractivity contribution in [2.45, 2.75) is 19.4 Å². The first-order valence-electron chi connectivity index (χ1n) is 5.02. The van der Waals surface area contributed by atoms with E-state index in [9.17, 15) is 8.78 Å². The van der Waals surface area contributed by atoms with Crippen LogP contribution < -0.4 is 5.32 Å². The zero-order chi connectivity index (χ0) is 10.4. The van der Waals surface area contributed by atoms with Crippen molar-refractivity contribution in [3.63, 3.8) is 0 Å². The Morgan fingerprint density at radius 3 is 2.57 bits per heavy atom. The highest BCUT2D eigenvalue weighted by molar-refractivity contribution is 4.67. The molecule has 1 atom stereocenters. The van der Waals surface area contributed by atoms with Crippen molar-refractivity contribution < 1.29 is 13.5 Å². The molecule has 1 aliphatic heterocycles. The van der Waals surface area contributed by atoms with Gasteiger partial charge in [-0.15, -0.1) is 0 Å². The predicted molar refractivity (Wildman–Crippen MR) is 50.7 cm³/mol. The molecule has 0 aromatic rings. The quantitative estimate of drug-likeness (QED) is 0.714. The molecule has 84 valence electrons. The Balaban J connectivity index is 2.02. The maximum atomic E-state index is 12.1. The van der Waals surface area contributed by atoms with Crippen LogP contribution in [0.1, 0.15) is 6.92 Å². The third-order valence-corrected chi connectivity index (χ3v) is 2.38. The number of alkyl halides is 2. The van der Waals surface area contributed by atoms with Gasteiger partial charge in [-0.05, 0) is 6.92 Å². The monoisotopic (exact) mass is 208 g/mol. The fraction of sp³-hybridized carbons (Fsp3) is 1.00. The maximum Gasteiger partial charge on any atom is 0.253 e. The molecule has 0 bridgehead atoms. The van der Waals surface area contributed by atoms with Gasteiger partial charge < -0.3 is 10.1 Å². The van der Waals surface area contributed by atoms with Crippen molar-refractivity contribution in [2.24, 2.45) is 0 Å². The van der Waals surface area contributed by atoms with E-state index in [2.05, 4.69) is 10.2 Å². The summed E-state index contributed by atoms with van der Waals surface area (Å²) in [6, 6.07) is -0.712. The number of halogens is 2. The van der Waals surface area contributed by atoms with Crippen LogP contribution in [0.3, 0.4) is 0 Å². The Bertz CT molecular complexity index is 152. The topological polar surface area (TPSA) is 24.5 Å². The van der Waals surface area contributed by atoms with E-state index >= 15 is 0 Å². The summed E-state index contributed by atoms with van der Waals surface area (Å²) in [5.74, 6) is 0. The number of morpholine rings is 1. The van der Waals surface area contributed by atoms with Crippen LogP contribution in [0.15, 0.2) is 0 Å². The number of nitrogens with one attached hydrogen (secondary N) is 1. The largest absolute Gasteiger partial charge is 0.379 e. The molecule has 1 saturated heterocycles. The first-order chi connectivity index (χ1) is 6.70. The molecule has 0 saturated carbocycles. The average molecular weight is 208 g/mol. The van der Waals surface area contributed by atoms with Crippen LogP contribution in [0.5, 0.6) is 0 Å². The fourth-order valence-corrected chi connectivity index (χ4v) is 1.36. The van der Waals surface area contributed by atoms with Crippen LogP contribution in [0.4, 0.5) is 8.78 Å². The molecule has 0 aromatic carbocycles. The molecule has 1 fully saturated rings. The minimum atomic E-state index is -2.28. The zero-order valence-electron chi connectivity index (χ0n) is 8.51. The van der Waals surface area contributed by atoms with Gasteiger partial charge in [0.1, 0.15) is 0 Å². The lowest BCUT2D eigenvalue weighted by Crippen LogP contribution is -2.43. The summed E-state index contributed by atoms with van der Waals surface area (Å²) in [5, 5.41) is 2.80. The maximum absolute atomic E-state index is 12.1. The van der Waals surface area contributed by atoms with Crippen molar-refractivity contribution in [3.8, 4) is 0 Å². The van der Waals surface area contributed by atoms with E-state index in [1.165, 1.54) is 6.92 Å². The first-order valence-corrected chi connectivity index (χ1v) is 5.02. The van der Waals surface area contributed by atoms with E-state index in [4.69, 9.17) is 4.74 Å². The van der Waals surface area contributed by atoms with Gasteiger partial charge in [0.15, 0.2) is 0 Å². The molecular formula is C9H18F2N2O. The van der Waals surface area contributed by atoms with Gasteiger partial charge in [-0.3, -0.25) is 4.90 Å². The second kappa shape index (κ2) is 6.27. The molecule has 3 nitrogen and oxygen atoms in total. The van der Waals surface area contributed by atoms with Gasteiger partial charge in [-0.25, -0.2) is 8.78 Å². The average Bonchev–Trinajstić information content (AvgIpc) is 2.19. The van der Waals surface area contributed by atoms with Crippen LogP contribution in [-0.4, -0.2) is 56.8 Å². The van der Waals surface area contributed by atoms with Gasteiger partial charge in [-0.2, -0.15) is 0 Å². The number of nitrogens with zero attached hydrogens (tertiary/aromatic N) is 1. The molecule has 1 rings (SSSR count). The van der Waals surface area contributed by atoms with Crippen LogP contribution in [0.25, 0.3) is 0 Å². The molecule has 0 radical (unpaired) electrons. The predicted octanol–water partition coefficient (Wildman–Crippen LogP) is 0.562. The second-order valence-corrected chi connectivity index (χ2v) is 3.53. The minimum absolute atomic E-state index is 0.617. The first kappa shape index (κ1) is 11.8. The number of rotatable bonds is 5. The molecule has 1 unspecified atom stereocenters. The van der Waals surface area contributed by atoms with E-state index in [1.54, 1.807) is 0 Å². The van der Waals surface area contributed by atoms with E-state index in [0.717, 1.165) is 32.8 Å². The summed E-state index contributed by atoms with van der Waals surface area (Å²) in [6.07, 6.45) is -2.28. The Kier molecular flexibility index (Phi) is 5.29. The van der Waals surface area contributed by atoms with Crippen molar-refractivity contribution in [1.82, 2.24) is 10.2 Å². The Morgan fingerprint density at radius 2 is 2.00 bits per heavy atom. The molecule has 0 aromatic heterocycles. The fourth-order valence-electron chi connectivity index (χ4n) is 1.36. The third-order valence-electron chi connectivity index (χ3n) is 2.38. The van der Waals surface area contributed by atoms with Gasteiger partial charge >= 0.3 is 0 Å². The van der Waals surface area contributed by atoms with Crippen molar-refractivity contribution in [1.29, 1.82) is 0 Å². The van der Waals surface area contributed by atoms with Gasteiger partial charge in [0.2, 0.25) is 0 Å². The van der Waals surface area contributed by atoms with Crippen LogP contribution in [-0.2, 0) is 4.74 Å². The van der Waals surface area contributed by atoms with Crippen molar-refractivity contribution >= 4 is 0 Å². The Hall–Kier alpha value is -0.260. The lowest BCUT2D eigenvalue weighted by Gasteiger charge is -2.27. The lowest BCUT2D eigenvalue weighted by atomic mass is 10.3. The normalized spacial score (nSPS) is 21.4. The van der Waals surface area contributed by atoms with E-state index < -0.39 is 12.5 Å². The SMILES string of the molecule is CC(NCCN1CCOCC1)C(F)F. The molecule has 1 aliphatic rings. The number of ether oxygens (including phenoxy) is 1.